The molecule has 1 aromatic carbocycles. The molecule has 2 aromatic rings. The van der Waals surface area contributed by atoms with Crippen molar-refractivity contribution in [1.29, 1.82) is 0 Å². The summed E-state index contributed by atoms with van der Waals surface area (Å²) in [5.74, 6) is 1.14. The van der Waals surface area contributed by atoms with Gasteiger partial charge in [-0.3, -0.25) is 9.59 Å². The fourth-order valence-corrected chi connectivity index (χ4v) is 3.54. The molecule has 1 fully saturated rings. The first-order chi connectivity index (χ1) is 11.1. The Bertz CT molecular complexity index is 709. The van der Waals surface area contributed by atoms with Crippen molar-refractivity contribution in [2.24, 2.45) is 0 Å². The number of halogens is 1. The molecule has 3 rings (SSSR count). The zero-order chi connectivity index (χ0) is 16.2. The van der Waals surface area contributed by atoms with Crippen LogP contribution in [0.4, 0.5) is 5.82 Å². The maximum atomic E-state index is 12.6. The predicted octanol–water partition coefficient (Wildman–Crippen LogP) is 2.89. The second kappa shape index (κ2) is 7.02. The summed E-state index contributed by atoms with van der Waals surface area (Å²) in [7, 11) is 0. The number of carbonyl (C=O) groups is 2. The lowest BCUT2D eigenvalue weighted by atomic mass is 10.1. The van der Waals surface area contributed by atoms with Gasteiger partial charge in [-0.15, -0.1) is 11.8 Å². The Kier molecular flexibility index (Phi) is 4.83. The van der Waals surface area contributed by atoms with Gasteiger partial charge in [0.2, 0.25) is 5.91 Å². The number of nitrogens with one attached hydrogen (secondary N) is 1. The van der Waals surface area contributed by atoms with Gasteiger partial charge < -0.3 is 10.2 Å². The minimum absolute atomic E-state index is 0.173. The Morgan fingerprint density at radius 2 is 2.00 bits per heavy atom. The summed E-state index contributed by atoms with van der Waals surface area (Å²) in [5.41, 5.74) is 0.521. The summed E-state index contributed by atoms with van der Waals surface area (Å²) in [6.45, 7) is 0. The Labute approximate surface area is 143 Å². The molecule has 5 nitrogen and oxygen atoms in total. The fourth-order valence-electron chi connectivity index (χ4n) is 2.26. The minimum Gasteiger partial charge on any atom is -0.317 e. The standard InChI is InChI=1S/C16H14ClN3O2S/c17-12-6-4-11(5-7-12)16(22)20-10-23-9-13(20)15(21)19-14-3-1-2-8-18-14/h1-8,13H,9-10H2,(H,18,19,21). The van der Waals surface area contributed by atoms with Crippen LogP contribution >= 0.6 is 23.4 Å². The zero-order valence-electron chi connectivity index (χ0n) is 12.1. The van der Waals surface area contributed by atoms with Crippen molar-refractivity contribution in [3.05, 3.63) is 59.2 Å². The van der Waals surface area contributed by atoms with E-state index in [0.29, 0.717) is 28.0 Å². The second-order valence-electron chi connectivity index (χ2n) is 5.00. The van der Waals surface area contributed by atoms with Crippen molar-refractivity contribution in [2.45, 2.75) is 6.04 Å². The Balaban J connectivity index is 1.73. The average molecular weight is 348 g/mol. The molecule has 1 saturated heterocycles. The number of hydrogen-bond donors (Lipinski definition) is 1. The van der Waals surface area contributed by atoms with Crippen molar-refractivity contribution in [3.8, 4) is 0 Å². The maximum absolute atomic E-state index is 12.6. The molecule has 0 saturated carbocycles. The van der Waals surface area contributed by atoms with E-state index in [1.54, 1.807) is 65.3 Å². The van der Waals surface area contributed by atoms with E-state index < -0.39 is 6.04 Å². The Morgan fingerprint density at radius 3 is 2.70 bits per heavy atom. The van der Waals surface area contributed by atoms with E-state index >= 15 is 0 Å². The molecule has 0 radical (unpaired) electrons. The molecule has 0 spiro atoms. The third-order valence-electron chi connectivity index (χ3n) is 3.45. The van der Waals surface area contributed by atoms with Crippen LogP contribution in [-0.2, 0) is 4.79 Å². The van der Waals surface area contributed by atoms with Gasteiger partial charge >= 0.3 is 0 Å². The van der Waals surface area contributed by atoms with Crippen molar-refractivity contribution in [2.75, 3.05) is 16.9 Å². The third-order valence-corrected chi connectivity index (χ3v) is 4.72. The summed E-state index contributed by atoms with van der Waals surface area (Å²) in [5, 5.41) is 3.32. The lowest BCUT2D eigenvalue weighted by molar-refractivity contribution is -0.119. The van der Waals surface area contributed by atoms with Gasteiger partial charge in [-0.1, -0.05) is 17.7 Å². The van der Waals surface area contributed by atoms with E-state index in [-0.39, 0.29) is 11.8 Å². The molecular formula is C16H14ClN3O2S. The van der Waals surface area contributed by atoms with Gasteiger partial charge in [0.15, 0.2) is 0 Å². The maximum Gasteiger partial charge on any atom is 0.255 e. The zero-order valence-corrected chi connectivity index (χ0v) is 13.7. The number of anilines is 1. The quantitative estimate of drug-likeness (QED) is 0.927. The molecule has 7 heteroatoms. The number of aromatic nitrogens is 1. The minimum atomic E-state index is -0.509. The highest BCUT2D eigenvalue weighted by molar-refractivity contribution is 7.99. The van der Waals surface area contributed by atoms with E-state index in [4.69, 9.17) is 11.6 Å². The largest absolute Gasteiger partial charge is 0.317 e. The van der Waals surface area contributed by atoms with E-state index in [9.17, 15) is 9.59 Å². The van der Waals surface area contributed by atoms with Gasteiger partial charge in [-0.25, -0.2) is 4.98 Å². The van der Waals surface area contributed by atoms with E-state index in [0.717, 1.165) is 0 Å². The normalized spacial score (nSPS) is 17.1. The number of hydrogen-bond acceptors (Lipinski definition) is 4. The molecule has 1 aliphatic heterocycles. The highest BCUT2D eigenvalue weighted by Gasteiger charge is 2.35. The highest BCUT2D eigenvalue weighted by Crippen LogP contribution is 2.24. The van der Waals surface area contributed by atoms with Crippen molar-refractivity contribution in [1.82, 2.24) is 9.88 Å². The number of benzene rings is 1. The van der Waals surface area contributed by atoms with Crippen molar-refractivity contribution < 1.29 is 9.59 Å². The van der Waals surface area contributed by atoms with Gasteiger partial charge in [-0.05, 0) is 36.4 Å². The molecule has 1 unspecified atom stereocenters. The van der Waals surface area contributed by atoms with Crippen LogP contribution in [-0.4, -0.2) is 39.4 Å². The van der Waals surface area contributed by atoms with Crippen LogP contribution in [0.15, 0.2) is 48.7 Å². The lowest BCUT2D eigenvalue weighted by Gasteiger charge is -2.23. The SMILES string of the molecule is O=C(Nc1ccccn1)C1CSCN1C(=O)c1ccc(Cl)cc1. The molecule has 1 aromatic heterocycles. The van der Waals surface area contributed by atoms with Crippen LogP contribution in [0.5, 0.6) is 0 Å². The van der Waals surface area contributed by atoms with Crippen LogP contribution in [0.2, 0.25) is 5.02 Å². The first kappa shape index (κ1) is 15.8. The number of carbonyl (C=O) groups excluding carboxylic acids is 2. The molecule has 1 aliphatic rings. The highest BCUT2D eigenvalue weighted by atomic mass is 35.5. The van der Waals surface area contributed by atoms with Crippen molar-refractivity contribution >= 4 is 41.0 Å². The molecule has 0 bridgehead atoms. The first-order valence-electron chi connectivity index (χ1n) is 7.01. The molecular weight excluding hydrogens is 334 g/mol. The number of pyridine rings is 1. The fraction of sp³-hybridized carbons (Fsp3) is 0.188. The van der Waals surface area contributed by atoms with E-state index in [2.05, 4.69) is 10.3 Å². The van der Waals surface area contributed by atoms with E-state index in [1.165, 1.54) is 0 Å². The number of thioether (sulfide) groups is 1. The smallest absolute Gasteiger partial charge is 0.255 e. The number of nitrogens with zero attached hydrogens (tertiary/aromatic N) is 2. The number of rotatable bonds is 3. The monoisotopic (exact) mass is 347 g/mol. The molecule has 2 amide bonds. The van der Waals surface area contributed by atoms with Crippen LogP contribution < -0.4 is 5.32 Å². The lowest BCUT2D eigenvalue weighted by Crippen LogP contribution is -2.44. The number of amides is 2. The first-order valence-corrected chi connectivity index (χ1v) is 8.54. The van der Waals surface area contributed by atoms with E-state index in [1.807, 2.05) is 0 Å². The second-order valence-corrected chi connectivity index (χ2v) is 6.44. The molecule has 1 N–H and O–H groups in total. The van der Waals surface area contributed by atoms with Crippen molar-refractivity contribution in [3.63, 3.8) is 0 Å². The third kappa shape index (κ3) is 3.65. The van der Waals surface area contributed by atoms with Crippen LogP contribution in [0.25, 0.3) is 0 Å². The molecule has 23 heavy (non-hydrogen) atoms. The molecule has 1 atom stereocenters. The summed E-state index contributed by atoms with van der Waals surface area (Å²) >= 11 is 7.40. The summed E-state index contributed by atoms with van der Waals surface area (Å²) in [6.07, 6.45) is 1.61. The molecule has 2 heterocycles. The van der Waals surface area contributed by atoms with Gasteiger partial charge in [0.05, 0.1) is 5.88 Å². The topological polar surface area (TPSA) is 62.3 Å². The van der Waals surface area contributed by atoms with Crippen LogP contribution in [0.3, 0.4) is 0 Å². The summed E-state index contributed by atoms with van der Waals surface area (Å²) < 4.78 is 0. The average Bonchev–Trinajstić information content (AvgIpc) is 3.05. The molecule has 0 aliphatic carbocycles. The van der Waals surface area contributed by atoms with Gasteiger partial charge in [0.25, 0.3) is 5.91 Å². The summed E-state index contributed by atoms with van der Waals surface area (Å²) in [6, 6.07) is 11.4. The summed E-state index contributed by atoms with van der Waals surface area (Å²) in [4.78, 5) is 30.7. The van der Waals surface area contributed by atoms with Gasteiger partial charge in [0, 0.05) is 22.5 Å². The Morgan fingerprint density at radius 1 is 1.22 bits per heavy atom. The van der Waals surface area contributed by atoms with Gasteiger partial charge in [-0.2, -0.15) is 0 Å². The predicted molar refractivity (Wildman–Crippen MR) is 91.6 cm³/mol. The van der Waals surface area contributed by atoms with Gasteiger partial charge in [0.1, 0.15) is 11.9 Å². The Hall–Kier alpha value is -2.05. The van der Waals surface area contributed by atoms with Crippen LogP contribution in [0, 0.1) is 0 Å². The van der Waals surface area contributed by atoms with Crippen LogP contribution in [0.1, 0.15) is 10.4 Å². The molecule has 118 valence electrons.